The van der Waals surface area contributed by atoms with Gasteiger partial charge in [0.1, 0.15) is 5.75 Å². The Morgan fingerprint density at radius 3 is 2.55 bits per heavy atom. The number of benzene rings is 2. The van der Waals surface area contributed by atoms with Crippen molar-refractivity contribution in [2.45, 2.75) is 13.5 Å². The second-order valence-electron chi connectivity index (χ2n) is 4.40. The molecule has 0 spiro atoms. The van der Waals surface area contributed by atoms with Crippen LogP contribution in [-0.4, -0.2) is 12.6 Å². The van der Waals surface area contributed by atoms with Gasteiger partial charge in [-0.15, -0.1) is 0 Å². The van der Waals surface area contributed by atoms with Crippen LogP contribution in [0.1, 0.15) is 22.8 Å². The maximum atomic E-state index is 11.2. The second kappa shape index (κ2) is 6.73. The second-order valence-corrected chi connectivity index (χ2v) is 4.40. The molecule has 0 radical (unpaired) electrons. The minimum atomic E-state index is -0.0608. The Morgan fingerprint density at radius 1 is 1.15 bits per heavy atom. The topological polar surface area (TPSA) is 61.5 Å². The lowest BCUT2D eigenvalue weighted by Gasteiger charge is -2.09. The first-order chi connectivity index (χ1) is 9.66. The molecule has 2 aromatic carbocycles. The molecule has 0 saturated heterocycles. The highest BCUT2D eigenvalue weighted by molar-refractivity contribution is 5.99. The van der Waals surface area contributed by atoms with Crippen LogP contribution in [-0.2, 0) is 11.3 Å². The molecule has 20 heavy (non-hydrogen) atoms. The predicted molar refractivity (Wildman–Crippen MR) is 77.6 cm³/mol. The summed E-state index contributed by atoms with van der Waals surface area (Å²) in [5.74, 6) is 0.523. The van der Waals surface area contributed by atoms with Gasteiger partial charge in [-0.25, -0.2) is 0 Å². The van der Waals surface area contributed by atoms with Gasteiger partial charge in [0.05, 0.1) is 6.61 Å². The average molecular weight is 271 g/mol. The smallest absolute Gasteiger partial charge is 0.189 e. The molecule has 0 heterocycles. The zero-order chi connectivity index (χ0) is 14.4. The fourth-order valence-electron chi connectivity index (χ4n) is 1.79. The fraction of sp³-hybridized carbons (Fsp3) is 0.188. The molecule has 0 aliphatic heterocycles. The molecule has 2 rings (SSSR count). The molecule has 0 aliphatic carbocycles. The molecule has 0 bridgehead atoms. The normalized spacial score (nSPS) is 10.2. The number of hydrogen-bond donors (Lipinski definition) is 1. The van der Waals surface area contributed by atoms with E-state index in [1.807, 2.05) is 30.3 Å². The standard InChI is InChI=1S/C16H17NO3/c1-12(18)15-8-7-14(9-16(15)17)20-11-19-10-13-5-3-2-4-6-13/h2-9H,10-11,17H2,1H3. The maximum absolute atomic E-state index is 11.2. The molecule has 4 nitrogen and oxygen atoms in total. The van der Waals surface area contributed by atoms with Gasteiger partial charge in [-0.05, 0) is 24.6 Å². The molecule has 0 fully saturated rings. The monoisotopic (exact) mass is 271 g/mol. The van der Waals surface area contributed by atoms with Crippen LogP contribution in [0, 0.1) is 0 Å². The molecule has 2 N–H and O–H groups in total. The van der Waals surface area contributed by atoms with Crippen molar-refractivity contribution in [2.24, 2.45) is 0 Å². The highest BCUT2D eigenvalue weighted by atomic mass is 16.7. The van der Waals surface area contributed by atoms with Crippen molar-refractivity contribution in [3.8, 4) is 5.75 Å². The molecular weight excluding hydrogens is 254 g/mol. The molecule has 0 unspecified atom stereocenters. The zero-order valence-electron chi connectivity index (χ0n) is 11.3. The van der Waals surface area contributed by atoms with E-state index in [0.29, 0.717) is 23.6 Å². The van der Waals surface area contributed by atoms with Crippen LogP contribution in [0.5, 0.6) is 5.75 Å². The minimum absolute atomic E-state index is 0.0608. The van der Waals surface area contributed by atoms with Gasteiger partial charge in [0.25, 0.3) is 0 Å². The van der Waals surface area contributed by atoms with Crippen molar-refractivity contribution in [1.82, 2.24) is 0 Å². The van der Waals surface area contributed by atoms with Gasteiger partial charge < -0.3 is 15.2 Å². The first kappa shape index (κ1) is 14.1. The van der Waals surface area contributed by atoms with Crippen LogP contribution in [0.3, 0.4) is 0 Å². The number of nitrogens with two attached hydrogens (primary N) is 1. The van der Waals surface area contributed by atoms with Crippen molar-refractivity contribution < 1.29 is 14.3 Å². The van der Waals surface area contributed by atoms with E-state index in [0.717, 1.165) is 5.56 Å². The van der Waals surface area contributed by atoms with Crippen molar-refractivity contribution in [2.75, 3.05) is 12.5 Å². The number of carbonyl (C=O) groups excluding carboxylic acids is 1. The van der Waals surface area contributed by atoms with Crippen molar-refractivity contribution in [1.29, 1.82) is 0 Å². The van der Waals surface area contributed by atoms with Gasteiger partial charge in [0, 0.05) is 17.3 Å². The van der Waals surface area contributed by atoms with Gasteiger partial charge in [0.2, 0.25) is 0 Å². The Hall–Kier alpha value is -2.33. The quantitative estimate of drug-likeness (QED) is 0.379. The number of ketones is 1. The summed E-state index contributed by atoms with van der Waals surface area (Å²) in [5, 5.41) is 0. The molecule has 0 saturated carbocycles. The summed E-state index contributed by atoms with van der Waals surface area (Å²) < 4.78 is 10.8. The Kier molecular flexibility index (Phi) is 4.74. The Bertz CT molecular complexity index is 582. The lowest BCUT2D eigenvalue weighted by atomic mass is 10.1. The number of anilines is 1. The van der Waals surface area contributed by atoms with Gasteiger partial charge >= 0.3 is 0 Å². The largest absolute Gasteiger partial charge is 0.467 e. The molecule has 0 aromatic heterocycles. The summed E-state index contributed by atoms with van der Waals surface area (Å²) in [7, 11) is 0. The first-order valence-electron chi connectivity index (χ1n) is 6.32. The fourth-order valence-corrected chi connectivity index (χ4v) is 1.79. The van der Waals surface area contributed by atoms with Crippen LogP contribution >= 0.6 is 0 Å². The molecule has 4 heteroatoms. The molecule has 104 valence electrons. The van der Waals surface area contributed by atoms with Crippen LogP contribution in [0.25, 0.3) is 0 Å². The molecule has 2 aromatic rings. The van der Waals surface area contributed by atoms with E-state index >= 15 is 0 Å². The Morgan fingerprint density at radius 2 is 1.90 bits per heavy atom. The SMILES string of the molecule is CC(=O)c1ccc(OCOCc2ccccc2)cc1N. The predicted octanol–water partition coefficient (Wildman–Crippen LogP) is 3.02. The van der Waals surface area contributed by atoms with Crippen molar-refractivity contribution in [3.05, 3.63) is 59.7 Å². The number of Topliss-reactive ketones (excluding diaryl/α,β-unsaturated/α-hetero) is 1. The summed E-state index contributed by atoms with van der Waals surface area (Å²) in [6, 6.07) is 14.8. The summed E-state index contributed by atoms with van der Waals surface area (Å²) in [5.41, 5.74) is 7.78. The van der Waals surface area contributed by atoms with E-state index < -0.39 is 0 Å². The summed E-state index contributed by atoms with van der Waals surface area (Å²) in [6.45, 7) is 2.10. The Balaban J connectivity index is 1.83. The van der Waals surface area contributed by atoms with E-state index in [2.05, 4.69) is 0 Å². The zero-order valence-corrected chi connectivity index (χ0v) is 11.3. The van der Waals surface area contributed by atoms with E-state index in [1.165, 1.54) is 6.92 Å². The van der Waals surface area contributed by atoms with Crippen molar-refractivity contribution >= 4 is 11.5 Å². The van der Waals surface area contributed by atoms with E-state index in [4.69, 9.17) is 15.2 Å². The van der Waals surface area contributed by atoms with Gasteiger partial charge in [0.15, 0.2) is 12.6 Å². The van der Waals surface area contributed by atoms with Crippen LogP contribution in [0.2, 0.25) is 0 Å². The molecule has 0 amide bonds. The lowest BCUT2D eigenvalue weighted by Crippen LogP contribution is -2.05. The molecule has 0 aliphatic rings. The molecular formula is C16H17NO3. The molecule has 0 atom stereocenters. The third-order valence-corrected chi connectivity index (χ3v) is 2.82. The Labute approximate surface area is 118 Å². The average Bonchev–Trinajstić information content (AvgIpc) is 2.44. The van der Waals surface area contributed by atoms with Crippen LogP contribution in [0.4, 0.5) is 5.69 Å². The highest BCUT2D eigenvalue weighted by Crippen LogP contribution is 2.20. The van der Waals surface area contributed by atoms with Gasteiger partial charge in [-0.2, -0.15) is 0 Å². The van der Waals surface area contributed by atoms with E-state index in [-0.39, 0.29) is 12.6 Å². The lowest BCUT2D eigenvalue weighted by molar-refractivity contribution is 0.00508. The van der Waals surface area contributed by atoms with Crippen LogP contribution < -0.4 is 10.5 Å². The first-order valence-corrected chi connectivity index (χ1v) is 6.32. The highest BCUT2D eigenvalue weighted by Gasteiger charge is 2.05. The van der Waals surface area contributed by atoms with Crippen molar-refractivity contribution in [3.63, 3.8) is 0 Å². The number of nitrogen functional groups attached to an aromatic ring is 1. The minimum Gasteiger partial charge on any atom is -0.467 e. The third-order valence-electron chi connectivity index (χ3n) is 2.82. The number of rotatable bonds is 6. The van der Waals surface area contributed by atoms with Gasteiger partial charge in [-0.1, -0.05) is 30.3 Å². The van der Waals surface area contributed by atoms with E-state index in [1.54, 1.807) is 18.2 Å². The summed E-state index contributed by atoms with van der Waals surface area (Å²) >= 11 is 0. The number of hydrogen-bond acceptors (Lipinski definition) is 4. The summed E-state index contributed by atoms with van der Waals surface area (Å²) in [6.07, 6.45) is 0. The number of carbonyl (C=O) groups is 1. The summed E-state index contributed by atoms with van der Waals surface area (Å²) in [4.78, 5) is 11.2. The van der Waals surface area contributed by atoms with E-state index in [9.17, 15) is 4.79 Å². The maximum Gasteiger partial charge on any atom is 0.189 e. The van der Waals surface area contributed by atoms with Crippen LogP contribution in [0.15, 0.2) is 48.5 Å². The van der Waals surface area contributed by atoms with Gasteiger partial charge in [-0.3, -0.25) is 4.79 Å². The number of ether oxygens (including phenoxy) is 2. The third kappa shape index (κ3) is 3.83.